The van der Waals surface area contributed by atoms with Gasteiger partial charge in [0.2, 0.25) is 0 Å². The molecule has 0 aliphatic carbocycles. The lowest BCUT2D eigenvalue weighted by Crippen LogP contribution is -2.45. The molecule has 1 fully saturated rings. The predicted molar refractivity (Wildman–Crippen MR) is 139 cm³/mol. The Morgan fingerprint density at radius 3 is 2.24 bits per heavy atom. The van der Waals surface area contributed by atoms with E-state index in [0.717, 1.165) is 20.6 Å². The van der Waals surface area contributed by atoms with Gasteiger partial charge in [-0.2, -0.15) is 10.2 Å². The van der Waals surface area contributed by atoms with Crippen molar-refractivity contribution < 1.29 is 31.9 Å². The van der Waals surface area contributed by atoms with Gasteiger partial charge in [0.1, 0.15) is 12.2 Å². The maximum absolute atomic E-state index is 14.5. The number of carbonyl (C=O) groups is 3. The minimum atomic E-state index is -1.91. The van der Waals surface area contributed by atoms with Crippen LogP contribution in [0.3, 0.4) is 0 Å². The topological polar surface area (TPSA) is 98.0 Å². The molecule has 3 amide bonds. The number of nitrogens with zero attached hydrogens (tertiary/aromatic N) is 6. The molecule has 3 atom stereocenters. The van der Waals surface area contributed by atoms with Crippen molar-refractivity contribution in [3.05, 3.63) is 99.5 Å². The van der Waals surface area contributed by atoms with E-state index in [1.165, 1.54) is 5.01 Å². The molecule has 0 bridgehead atoms. The van der Waals surface area contributed by atoms with Gasteiger partial charge in [-0.05, 0) is 23.3 Å². The second-order valence-corrected chi connectivity index (χ2v) is 10.4. The number of hydrazone groups is 1. The van der Waals surface area contributed by atoms with Gasteiger partial charge in [0, 0.05) is 17.0 Å². The van der Waals surface area contributed by atoms with Crippen LogP contribution in [0.5, 0.6) is 0 Å². The number of carbonyl (C=O) groups excluding carboxylic acids is 3. The van der Waals surface area contributed by atoms with Crippen LogP contribution in [0.1, 0.15) is 23.6 Å². The Labute approximate surface area is 237 Å². The molecule has 6 rings (SSSR count). The SMILES string of the molecule is O=C1[C@@H]2[C@@H](N=NN2CC(=O)N2N=C(c3ccc(Br)cc3)C[C@@H]2c2ccccc2)C(=O)N1c1c(F)c(F)cc(F)c1F. The molecule has 0 unspecified atom stereocenters. The average Bonchev–Trinajstić information content (AvgIpc) is 3.65. The average molecular weight is 629 g/mol. The summed E-state index contributed by atoms with van der Waals surface area (Å²) in [5.41, 5.74) is 0.748. The predicted octanol–water partition coefficient (Wildman–Crippen LogP) is 4.68. The molecule has 0 N–H and O–H groups in total. The normalized spacial score (nSPS) is 21.6. The van der Waals surface area contributed by atoms with Crippen molar-refractivity contribution in [2.75, 3.05) is 11.4 Å². The summed E-state index contributed by atoms with van der Waals surface area (Å²) < 4.78 is 57.5. The highest BCUT2D eigenvalue weighted by Gasteiger charge is 2.57. The molecular weight excluding hydrogens is 612 g/mol. The number of anilines is 1. The molecular formula is C27H17BrF4N6O3. The fourth-order valence-electron chi connectivity index (χ4n) is 5.03. The summed E-state index contributed by atoms with van der Waals surface area (Å²) in [6, 6.07) is 12.9. The molecule has 208 valence electrons. The second-order valence-electron chi connectivity index (χ2n) is 9.44. The molecule has 14 heteroatoms. The summed E-state index contributed by atoms with van der Waals surface area (Å²) in [7, 11) is 0. The minimum absolute atomic E-state index is 0.00817. The smallest absolute Gasteiger partial charge is 0.264 e. The van der Waals surface area contributed by atoms with E-state index in [0.29, 0.717) is 12.1 Å². The second kappa shape index (κ2) is 10.2. The summed E-state index contributed by atoms with van der Waals surface area (Å²) >= 11 is 3.39. The van der Waals surface area contributed by atoms with Gasteiger partial charge in [-0.1, -0.05) is 63.6 Å². The Kier molecular flexibility index (Phi) is 6.64. The van der Waals surface area contributed by atoms with E-state index in [1.807, 2.05) is 54.6 Å². The number of amides is 3. The van der Waals surface area contributed by atoms with Crippen LogP contribution in [0.2, 0.25) is 0 Å². The molecule has 1 saturated heterocycles. The van der Waals surface area contributed by atoms with Crippen LogP contribution in [0.25, 0.3) is 0 Å². The zero-order chi connectivity index (χ0) is 29.0. The van der Waals surface area contributed by atoms with Crippen molar-refractivity contribution in [1.82, 2.24) is 10.0 Å². The van der Waals surface area contributed by atoms with Gasteiger partial charge in [0.15, 0.2) is 35.4 Å². The lowest BCUT2D eigenvalue weighted by atomic mass is 9.98. The lowest BCUT2D eigenvalue weighted by Gasteiger charge is -2.25. The molecule has 0 radical (unpaired) electrons. The molecule has 0 aromatic heterocycles. The first-order valence-electron chi connectivity index (χ1n) is 12.2. The highest BCUT2D eigenvalue weighted by molar-refractivity contribution is 9.10. The lowest BCUT2D eigenvalue weighted by molar-refractivity contribution is -0.135. The number of benzene rings is 3. The molecule has 3 aliphatic heterocycles. The third kappa shape index (κ3) is 4.47. The Balaban J connectivity index is 1.28. The zero-order valence-electron chi connectivity index (χ0n) is 20.7. The van der Waals surface area contributed by atoms with Crippen molar-refractivity contribution in [2.24, 2.45) is 15.4 Å². The van der Waals surface area contributed by atoms with Gasteiger partial charge in [0.05, 0.1) is 11.8 Å². The van der Waals surface area contributed by atoms with Gasteiger partial charge in [0.25, 0.3) is 17.7 Å². The van der Waals surface area contributed by atoms with Gasteiger partial charge in [-0.3, -0.25) is 19.4 Å². The number of hydrogen-bond donors (Lipinski definition) is 0. The van der Waals surface area contributed by atoms with Crippen LogP contribution >= 0.6 is 15.9 Å². The Bertz CT molecular complexity index is 1630. The fraction of sp³-hybridized carbons (Fsp3) is 0.185. The molecule has 0 spiro atoms. The van der Waals surface area contributed by atoms with Crippen LogP contribution < -0.4 is 4.90 Å². The van der Waals surface area contributed by atoms with Crippen LogP contribution in [-0.2, 0) is 14.4 Å². The fourth-order valence-corrected chi connectivity index (χ4v) is 5.30. The zero-order valence-corrected chi connectivity index (χ0v) is 22.3. The number of rotatable bonds is 5. The molecule has 3 aliphatic rings. The first-order chi connectivity index (χ1) is 19.7. The van der Waals surface area contributed by atoms with Crippen LogP contribution in [0.15, 0.2) is 80.6 Å². The molecule has 3 aromatic rings. The third-order valence-electron chi connectivity index (χ3n) is 7.00. The number of halogens is 5. The van der Waals surface area contributed by atoms with Crippen molar-refractivity contribution in [2.45, 2.75) is 24.5 Å². The van der Waals surface area contributed by atoms with Gasteiger partial charge in [-0.15, -0.1) is 0 Å². The standard InChI is InChI=1S/C27H17BrF4N6O3/c28-15-8-6-13(7-9-15)18-11-19(14-4-2-1-3-5-14)38(34-18)20(39)12-36-25-23(33-35-36)26(40)37(27(25)41)24-21(31)16(29)10-17(30)22(24)32/h1-10,19,23,25H,11-12H2/t19-,23-,25+/m1/s1. The largest absolute Gasteiger partial charge is 0.271 e. The number of imide groups is 1. The van der Waals surface area contributed by atoms with Crippen molar-refractivity contribution >= 4 is 45.1 Å². The Morgan fingerprint density at radius 2 is 1.59 bits per heavy atom. The Morgan fingerprint density at radius 1 is 0.927 bits per heavy atom. The van der Waals surface area contributed by atoms with Crippen molar-refractivity contribution in [3.8, 4) is 0 Å². The molecule has 41 heavy (non-hydrogen) atoms. The van der Waals surface area contributed by atoms with E-state index in [-0.39, 0.29) is 11.0 Å². The summed E-state index contributed by atoms with van der Waals surface area (Å²) in [5.74, 6) is -10.5. The van der Waals surface area contributed by atoms with E-state index in [4.69, 9.17) is 0 Å². The van der Waals surface area contributed by atoms with Crippen LogP contribution in [0.4, 0.5) is 23.2 Å². The molecule has 9 nitrogen and oxygen atoms in total. The molecule has 3 aromatic carbocycles. The molecule has 0 saturated carbocycles. The van der Waals surface area contributed by atoms with E-state index < -0.39 is 71.3 Å². The van der Waals surface area contributed by atoms with Crippen molar-refractivity contribution in [1.29, 1.82) is 0 Å². The van der Waals surface area contributed by atoms with E-state index in [9.17, 15) is 31.9 Å². The van der Waals surface area contributed by atoms with E-state index in [2.05, 4.69) is 31.4 Å². The highest BCUT2D eigenvalue weighted by atomic mass is 79.9. The van der Waals surface area contributed by atoms with Crippen LogP contribution in [0, 0.1) is 23.3 Å². The van der Waals surface area contributed by atoms with Gasteiger partial charge < -0.3 is 0 Å². The maximum Gasteiger partial charge on any atom is 0.264 e. The summed E-state index contributed by atoms with van der Waals surface area (Å²) in [6.07, 6.45) is 0.389. The first kappa shape index (κ1) is 26.7. The molecule has 3 heterocycles. The van der Waals surface area contributed by atoms with Crippen LogP contribution in [-0.4, -0.2) is 52.1 Å². The monoisotopic (exact) mass is 628 g/mol. The highest BCUT2D eigenvalue weighted by Crippen LogP contribution is 2.37. The van der Waals surface area contributed by atoms with Crippen molar-refractivity contribution in [3.63, 3.8) is 0 Å². The van der Waals surface area contributed by atoms with E-state index in [1.54, 1.807) is 0 Å². The summed E-state index contributed by atoms with van der Waals surface area (Å²) in [4.78, 5) is 39.7. The van der Waals surface area contributed by atoms with Gasteiger partial charge in [-0.25, -0.2) is 27.5 Å². The summed E-state index contributed by atoms with van der Waals surface area (Å²) in [5, 5.41) is 14.2. The third-order valence-corrected chi connectivity index (χ3v) is 7.52. The number of fused-ring (bicyclic) bond motifs is 1. The quantitative estimate of drug-likeness (QED) is 0.233. The summed E-state index contributed by atoms with van der Waals surface area (Å²) in [6.45, 7) is -0.569. The maximum atomic E-state index is 14.5. The van der Waals surface area contributed by atoms with E-state index >= 15 is 0 Å². The first-order valence-corrected chi connectivity index (χ1v) is 13.0. The Hall–Kier alpha value is -4.46. The minimum Gasteiger partial charge on any atom is -0.271 e. The van der Waals surface area contributed by atoms with Gasteiger partial charge >= 0.3 is 0 Å². The number of hydrogen-bond acceptors (Lipinski definition) is 7.